The average Bonchev–Trinajstić information content (AvgIpc) is 2.41. The van der Waals surface area contributed by atoms with Gasteiger partial charge in [0, 0.05) is 12.8 Å². The number of esters is 1. The van der Waals surface area contributed by atoms with Crippen LogP contribution >= 0.6 is 0 Å². The van der Waals surface area contributed by atoms with Gasteiger partial charge >= 0.3 is 11.9 Å². The van der Waals surface area contributed by atoms with Crippen LogP contribution in [-0.2, 0) is 14.3 Å². The summed E-state index contributed by atoms with van der Waals surface area (Å²) in [5.41, 5.74) is 0. The highest BCUT2D eigenvalue weighted by atomic mass is 16.5. The molecule has 0 unspecified atom stereocenters. The second-order valence-electron chi connectivity index (χ2n) is 5.30. The summed E-state index contributed by atoms with van der Waals surface area (Å²) in [6, 6.07) is 0. The first-order valence-corrected chi connectivity index (χ1v) is 8.04. The van der Waals surface area contributed by atoms with Crippen molar-refractivity contribution in [2.24, 2.45) is 0 Å². The number of hydrogen-bond donors (Lipinski definition) is 1. The predicted octanol–water partition coefficient (Wildman–Crippen LogP) is 4.32. The molecule has 0 radical (unpaired) electrons. The van der Waals surface area contributed by atoms with Crippen LogP contribution in [0, 0.1) is 0 Å². The molecule has 0 fully saturated rings. The molecular weight excluding hydrogens is 256 g/mol. The quantitative estimate of drug-likeness (QED) is 0.381. The molecule has 118 valence electrons. The first-order chi connectivity index (χ1) is 9.66. The summed E-state index contributed by atoms with van der Waals surface area (Å²) in [7, 11) is 0. The number of carboxylic acids is 1. The summed E-state index contributed by atoms with van der Waals surface area (Å²) < 4.78 is 4.96. The SMILES string of the molecule is CCCCCCCCCCCC(=O)OCCCC(=O)O. The first-order valence-electron chi connectivity index (χ1n) is 8.04. The maximum Gasteiger partial charge on any atom is 0.305 e. The van der Waals surface area contributed by atoms with Crippen molar-refractivity contribution < 1.29 is 19.4 Å². The topological polar surface area (TPSA) is 63.6 Å². The Morgan fingerprint density at radius 2 is 1.35 bits per heavy atom. The number of aliphatic carboxylic acids is 1. The first kappa shape index (κ1) is 18.9. The van der Waals surface area contributed by atoms with Crippen LogP contribution in [0.1, 0.15) is 84.0 Å². The third-order valence-electron chi connectivity index (χ3n) is 3.28. The number of carboxylic acid groups (broad SMARTS) is 1. The summed E-state index contributed by atoms with van der Waals surface area (Å²) in [4.78, 5) is 21.6. The zero-order chi connectivity index (χ0) is 15.1. The molecule has 0 atom stereocenters. The minimum atomic E-state index is -0.847. The molecule has 0 aliphatic heterocycles. The third-order valence-corrected chi connectivity index (χ3v) is 3.28. The lowest BCUT2D eigenvalue weighted by molar-refractivity contribution is -0.145. The highest BCUT2D eigenvalue weighted by Crippen LogP contribution is 2.10. The smallest absolute Gasteiger partial charge is 0.305 e. The lowest BCUT2D eigenvalue weighted by atomic mass is 10.1. The number of rotatable bonds is 14. The summed E-state index contributed by atoms with van der Waals surface area (Å²) in [5, 5.41) is 8.43. The van der Waals surface area contributed by atoms with Crippen molar-refractivity contribution in [3.63, 3.8) is 0 Å². The molecule has 0 aromatic rings. The van der Waals surface area contributed by atoms with Crippen LogP contribution in [0.5, 0.6) is 0 Å². The van der Waals surface area contributed by atoms with Crippen LogP contribution in [-0.4, -0.2) is 23.7 Å². The van der Waals surface area contributed by atoms with Gasteiger partial charge in [0.15, 0.2) is 0 Å². The zero-order valence-corrected chi connectivity index (χ0v) is 12.9. The second kappa shape index (κ2) is 14.4. The van der Waals surface area contributed by atoms with Crippen LogP contribution < -0.4 is 0 Å². The average molecular weight is 286 g/mol. The molecule has 0 aliphatic rings. The van der Waals surface area contributed by atoms with Gasteiger partial charge in [-0.3, -0.25) is 9.59 Å². The van der Waals surface area contributed by atoms with E-state index in [0.29, 0.717) is 12.8 Å². The highest BCUT2D eigenvalue weighted by Gasteiger charge is 2.03. The summed E-state index contributed by atoms with van der Waals surface area (Å²) in [6.07, 6.45) is 12.0. The number of ether oxygens (including phenoxy) is 1. The van der Waals surface area contributed by atoms with Gasteiger partial charge in [0.05, 0.1) is 6.61 Å². The Bertz CT molecular complexity index is 251. The molecule has 0 aliphatic carbocycles. The molecule has 0 aromatic carbocycles. The minimum absolute atomic E-state index is 0.0608. The van der Waals surface area contributed by atoms with E-state index >= 15 is 0 Å². The number of unbranched alkanes of at least 4 members (excludes halogenated alkanes) is 8. The van der Waals surface area contributed by atoms with Crippen molar-refractivity contribution in [2.75, 3.05) is 6.61 Å². The predicted molar refractivity (Wildman–Crippen MR) is 79.7 cm³/mol. The van der Waals surface area contributed by atoms with Crippen LogP contribution in [0.3, 0.4) is 0 Å². The van der Waals surface area contributed by atoms with Gasteiger partial charge in [0.2, 0.25) is 0 Å². The molecule has 0 spiro atoms. The molecule has 0 amide bonds. The van der Waals surface area contributed by atoms with Gasteiger partial charge in [0.1, 0.15) is 0 Å². The van der Waals surface area contributed by atoms with E-state index < -0.39 is 5.97 Å². The van der Waals surface area contributed by atoms with E-state index in [1.54, 1.807) is 0 Å². The standard InChI is InChI=1S/C16H30O4/c1-2-3-4-5-6-7-8-9-10-13-16(19)20-14-11-12-15(17)18/h2-14H2,1H3,(H,17,18). The summed E-state index contributed by atoms with van der Waals surface area (Å²) in [5.74, 6) is -1.04. The molecule has 0 bridgehead atoms. The van der Waals surface area contributed by atoms with E-state index in [0.717, 1.165) is 12.8 Å². The van der Waals surface area contributed by atoms with Gasteiger partial charge in [-0.1, -0.05) is 58.3 Å². The van der Waals surface area contributed by atoms with Crippen molar-refractivity contribution in [1.29, 1.82) is 0 Å². The van der Waals surface area contributed by atoms with Crippen molar-refractivity contribution in [3.8, 4) is 0 Å². The van der Waals surface area contributed by atoms with E-state index in [2.05, 4.69) is 6.92 Å². The molecule has 4 heteroatoms. The molecule has 0 saturated heterocycles. The summed E-state index contributed by atoms with van der Waals surface area (Å²) in [6.45, 7) is 2.45. The van der Waals surface area contributed by atoms with Gasteiger partial charge in [-0.25, -0.2) is 0 Å². The second-order valence-corrected chi connectivity index (χ2v) is 5.30. The van der Waals surface area contributed by atoms with Crippen molar-refractivity contribution in [2.45, 2.75) is 84.0 Å². The number of hydrogen-bond acceptors (Lipinski definition) is 3. The molecule has 4 nitrogen and oxygen atoms in total. The van der Waals surface area contributed by atoms with Gasteiger partial charge in [-0.2, -0.15) is 0 Å². The molecule has 0 aromatic heterocycles. The van der Waals surface area contributed by atoms with Crippen molar-refractivity contribution in [1.82, 2.24) is 0 Å². The Morgan fingerprint density at radius 3 is 1.90 bits per heavy atom. The van der Waals surface area contributed by atoms with Crippen LogP contribution in [0.25, 0.3) is 0 Å². The van der Waals surface area contributed by atoms with Gasteiger partial charge in [-0.15, -0.1) is 0 Å². The van der Waals surface area contributed by atoms with Gasteiger partial charge in [0.25, 0.3) is 0 Å². The normalized spacial score (nSPS) is 10.4. The van der Waals surface area contributed by atoms with Crippen LogP contribution in [0.4, 0.5) is 0 Å². The Balaban J connectivity index is 3.17. The molecule has 20 heavy (non-hydrogen) atoms. The lowest BCUT2D eigenvalue weighted by Crippen LogP contribution is -2.07. The van der Waals surface area contributed by atoms with E-state index in [1.807, 2.05) is 0 Å². The van der Waals surface area contributed by atoms with Crippen molar-refractivity contribution >= 4 is 11.9 Å². The van der Waals surface area contributed by atoms with E-state index in [4.69, 9.17) is 9.84 Å². The lowest BCUT2D eigenvalue weighted by Gasteiger charge is -2.04. The van der Waals surface area contributed by atoms with Gasteiger partial charge in [-0.05, 0) is 12.8 Å². The van der Waals surface area contributed by atoms with Crippen LogP contribution in [0.15, 0.2) is 0 Å². The molecule has 0 saturated carbocycles. The Morgan fingerprint density at radius 1 is 0.800 bits per heavy atom. The maximum absolute atomic E-state index is 11.3. The number of carbonyl (C=O) groups excluding carboxylic acids is 1. The molecular formula is C16H30O4. The minimum Gasteiger partial charge on any atom is -0.481 e. The molecule has 0 heterocycles. The number of carbonyl (C=O) groups is 2. The van der Waals surface area contributed by atoms with E-state index in [1.165, 1.54) is 44.9 Å². The largest absolute Gasteiger partial charge is 0.481 e. The zero-order valence-electron chi connectivity index (χ0n) is 12.9. The van der Waals surface area contributed by atoms with E-state index in [9.17, 15) is 9.59 Å². The van der Waals surface area contributed by atoms with E-state index in [-0.39, 0.29) is 19.0 Å². The summed E-state index contributed by atoms with van der Waals surface area (Å²) >= 11 is 0. The van der Waals surface area contributed by atoms with Gasteiger partial charge < -0.3 is 9.84 Å². The third kappa shape index (κ3) is 15.0. The molecule has 0 rings (SSSR count). The fourth-order valence-electron chi connectivity index (χ4n) is 2.06. The monoisotopic (exact) mass is 286 g/mol. The fourth-order valence-corrected chi connectivity index (χ4v) is 2.06. The Labute approximate surface area is 122 Å². The highest BCUT2D eigenvalue weighted by molar-refractivity contribution is 5.69. The maximum atomic E-state index is 11.3. The van der Waals surface area contributed by atoms with Crippen LogP contribution in [0.2, 0.25) is 0 Å². The Kier molecular flexibility index (Phi) is 13.6. The fraction of sp³-hybridized carbons (Fsp3) is 0.875. The van der Waals surface area contributed by atoms with Crippen molar-refractivity contribution in [3.05, 3.63) is 0 Å². The Hall–Kier alpha value is -1.06. The molecule has 1 N–H and O–H groups in total.